The maximum atomic E-state index is 13.0. The van der Waals surface area contributed by atoms with Crippen LogP contribution in [0, 0.1) is 5.82 Å². The quantitative estimate of drug-likeness (QED) is 0.664. The zero-order valence-electron chi connectivity index (χ0n) is 12.9. The number of carbonyl (C=O) groups excluding carboxylic acids is 1. The maximum Gasteiger partial charge on any atom is 0.155 e. The molecule has 6 heteroatoms. The van der Waals surface area contributed by atoms with E-state index in [9.17, 15) is 9.18 Å². The van der Waals surface area contributed by atoms with Crippen LogP contribution in [-0.4, -0.2) is 15.6 Å². The summed E-state index contributed by atoms with van der Waals surface area (Å²) >= 11 is 13.4. The summed E-state index contributed by atoms with van der Waals surface area (Å²) < 4.78 is 12.4. The monoisotopic (exact) mass is 381 g/mol. The molecule has 2 nitrogen and oxygen atoms in total. The Morgan fingerprint density at radius 2 is 1.88 bits per heavy atom. The first kappa shape index (κ1) is 17.5. The van der Waals surface area contributed by atoms with Crippen LogP contribution in [0.15, 0.2) is 47.5 Å². The Hall–Kier alpha value is -1.36. The second-order valence-electron chi connectivity index (χ2n) is 5.84. The second kappa shape index (κ2) is 6.87. The van der Waals surface area contributed by atoms with E-state index in [0.29, 0.717) is 28.6 Å². The molecule has 0 aliphatic carbocycles. The molecular weight excluding hydrogens is 368 g/mol. The molecule has 0 saturated carbocycles. The smallest absolute Gasteiger partial charge is 0.155 e. The van der Waals surface area contributed by atoms with Crippen molar-refractivity contribution in [2.24, 2.45) is 4.99 Å². The highest BCUT2D eigenvalue weighted by atomic mass is 35.5. The van der Waals surface area contributed by atoms with Gasteiger partial charge in [-0.05, 0) is 49.2 Å². The molecule has 124 valence electrons. The van der Waals surface area contributed by atoms with Crippen LogP contribution in [0.1, 0.15) is 18.9 Å². The van der Waals surface area contributed by atoms with E-state index in [2.05, 4.69) is 4.99 Å². The Balaban J connectivity index is 1.80. The number of nitrogens with zero attached hydrogens (tertiary/aromatic N) is 1. The molecule has 0 aromatic heterocycles. The van der Waals surface area contributed by atoms with Gasteiger partial charge in [0.25, 0.3) is 0 Å². The van der Waals surface area contributed by atoms with Gasteiger partial charge in [0.05, 0.1) is 31.9 Å². The highest BCUT2D eigenvalue weighted by Crippen LogP contribution is 2.41. The summed E-state index contributed by atoms with van der Waals surface area (Å²) in [4.78, 5) is 17.0. The van der Waals surface area contributed by atoms with Crippen molar-refractivity contribution >= 4 is 51.5 Å². The number of ketones is 1. The third-order valence-corrected chi connectivity index (χ3v) is 5.89. The van der Waals surface area contributed by atoms with E-state index in [1.165, 1.54) is 23.9 Å². The van der Waals surface area contributed by atoms with Gasteiger partial charge in [-0.1, -0.05) is 47.1 Å². The average Bonchev–Trinajstić information content (AvgIpc) is 2.79. The number of Topliss-reactive ketones (excluding diaryl/α,β-unsaturated/α-hetero) is 1. The van der Waals surface area contributed by atoms with Crippen molar-refractivity contribution in [1.82, 2.24) is 0 Å². The number of halogens is 3. The lowest BCUT2D eigenvalue weighted by Gasteiger charge is -2.20. The van der Waals surface area contributed by atoms with Gasteiger partial charge < -0.3 is 0 Å². The fourth-order valence-corrected chi connectivity index (χ4v) is 4.16. The Bertz CT molecular complexity index is 822. The molecule has 24 heavy (non-hydrogen) atoms. The van der Waals surface area contributed by atoms with E-state index in [1.54, 1.807) is 30.3 Å². The highest BCUT2D eigenvalue weighted by Gasteiger charge is 2.42. The molecule has 0 radical (unpaired) electrons. The van der Waals surface area contributed by atoms with Gasteiger partial charge in [0.15, 0.2) is 5.78 Å². The first-order chi connectivity index (χ1) is 11.4. The number of carbonyl (C=O) groups is 1. The first-order valence-electron chi connectivity index (χ1n) is 7.35. The third kappa shape index (κ3) is 3.82. The van der Waals surface area contributed by atoms with Gasteiger partial charge in [0, 0.05) is 0 Å². The molecular formula is C18H14Cl2FNOS. The van der Waals surface area contributed by atoms with Crippen molar-refractivity contribution in [2.75, 3.05) is 0 Å². The topological polar surface area (TPSA) is 29.4 Å². The van der Waals surface area contributed by atoms with E-state index >= 15 is 0 Å². The van der Waals surface area contributed by atoms with Crippen LogP contribution in [-0.2, 0) is 11.2 Å². The summed E-state index contributed by atoms with van der Waals surface area (Å²) in [5, 5.41) is 1.65. The molecule has 1 fully saturated rings. The van der Waals surface area contributed by atoms with E-state index in [1.807, 2.05) is 6.92 Å². The minimum absolute atomic E-state index is 0.121. The minimum Gasteiger partial charge on any atom is -0.298 e. The lowest BCUT2D eigenvalue weighted by molar-refractivity contribution is -0.119. The number of hydrogen-bond donors (Lipinski definition) is 0. The molecule has 2 aromatic carbocycles. The van der Waals surface area contributed by atoms with Gasteiger partial charge in [-0.15, -0.1) is 0 Å². The van der Waals surface area contributed by atoms with Crippen LogP contribution in [0.2, 0.25) is 10.0 Å². The van der Waals surface area contributed by atoms with Crippen LogP contribution in [0.25, 0.3) is 0 Å². The number of hydrogen-bond acceptors (Lipinski definition) is 3. The van der Waals surface area contributed by atoms with Crippen LogP contribution < -0.4 is 0 Å². The van der Waals surface area contributed by atoms with Gasteiger partial charge in [-0.25, -0.2) is 9.38 Å². The van der Waals surface area contributed by atoms with Crippen LogP contribution >= 0.6 is 35.0 Å². The van der Waals surface area contributed by atoms with Crippen molar-refractivity contribution in [2.45, 2.75) is 24.5 Å². The van der Waals surface area contributed by atoms with E-state index in [-0.39, 0.29) is 11.6 Å². The van der Waals surface area contributed by atoms with Gasteiger partial charge >= 0.3 is 0 Å². The lowest BCUT2D eigenvalue weighted by Crippen LogP contribution is -2.29. The van der Waals surface area contributed by atoms with Gasteiger partial charge in [0.2, 0.25) is 0 Å². The SMILES string of the molecule is CC1(Cc2ccc(F)cc2)SC(=Nc2ccc(Cl)c(Cl)c2)CC1=O. The molecule has 0 bridgehead atoms. The lowest BCUT2D eigenvalue weighted by atomic mass is 9.95. The second-order valence-corrected chi connectivity index (χ2v) is 8.23. The Labute approximate surface area is 154 Å². The number of thioether (sulfide) groups is 1. The summed E-state index contributed by atoms with van der Waals surface area (Å²) in [5.41, 5.74) is 1.60. The van der Waals surface area contributed by atoms with E-state index < -0.39 is 4.75 Å². The predicted molar refractivity (Wildman–Crippen MR) is 99.3 cm³/mol. The Kier molecular flexibility index (Phi) is 5.00. The van der Waals surface area contributed by atoms with Crippen molar-refractivity contribution in [3.8, 4) is 0 Å². The molecule has 0 N–H and O–H groups in total. The molecule has 1 saturated heterocycles. The fraction of sp³-hybridized carbons (Fsp3) is 0.222. The normalized spacial score (nSPS) is 22.3. The summed E-state index contributed by atoms with van der Waals surface area (Å²) in [5.74, 6) is -0.160. The molecule has 1 heterocycles. The van der Waals surface area contributed by atoms with Crippen molar-refractivity contribution in [3.05, 3.63) is 63.9 Å². The van der Waals surface area contributed by atoms with E-state index in [0.717, 1.165) is 10.6 Å². The summed E-state index contributed by atoms with van der Waals surface area (Å²) in [6.45, 7) is 1.90. The molecule has 3 rings (SSSR count). The summed E-state index contributed by atoms with van der Waals surface area (Å²) in [7, 11) is 0. The van der Waals surface area contributed by atoms with Crippen LogP contribution in [0.4, 0.5) is 10.1 Å². The first-order valence-corrected chi connectivity index (χ1v) is 8.92. The third-order valence-electron chi connectivity index (χ3n) is 3.86. The molecule has 0 amide bonds. The minimum atomic E-state index is -0.590. The Morgan fingerprint density at radius 3 is 2.54 bits per heavy atom. The van der Waals surface area contributed by atoms with Gasteiger partial charge in [0.1, 0.15) is 5.82 Å². The van der Waals surface area contributed by atoms with E-state index in [4.69, 9.17) is 23.2 Å². The fourth-order valence-electron chi connectivity index (χ4n) is 2.56. The number of rotatable bonds is 3. The molecule has 1 aliphatic rings. The van der Waals surface area contributed by atoms with Crippen molar-refractivity contribution < 1.29 is 9.18 Å². The number of benzene rings is 2. The average molecular weight is 382 g/mol. The molecule has 0 spiro atoms. The van der Waals surface area contributed by atoms with Crippen molar-refractivity contribution in [1.29, 1.82) is 0 Å². The van der Waals surface area contributed by atoms with Crippen LogP contribution in [0.5, 0.6) is 0 Å². The highest BCUT2D eigenvalue weighted by molar-refractivity contribution is 8.16. The molecule has 1 atom stereocenters. The standard InChI is InChI=1S/C18H14Cl2FNOS/c1-18(10-11-2-4-12(21)5-3-11)16(23)9-17(24-18)22-13-6-7-14(19)15(20)8-13/h2-8H,9-10H2,1H3. The van der Waals surface area contributed by atoms with Gasteiger partial charge in [-0.3, -0.25) is 4.79 Å². The summed E-state index contributed by atoms with van der Waals surface area (Å²) in [6.07, 6.45) is 0.833. The predicted octanol–water partition coefficient (Wildman–Crippen LogP) is 5.87. The zero-order chi connectivity index (χ0) is 17.3. The summed E-state index contributed by atoms with van der Waals surface area (Å²) in [6, 6.07) is 11.4. The number of aliphatic imine (C=N–C) groups is 1. The largest absolute Gasteiger partial charge is 0.298 e. The van der Waals surface area contributed by atoms with Gasteiger partial charge in [-0.2, -0.15) is 0 Å². The maximum absolute atomic E-state index is 13.0. The molecule has 2 aromatic rings. The zero-order valence-corrected chi connectivity index (χ0v) is 15.2. The Morgan fingerprint density at radius 1 is 1.17 bits per heavy atom. The molecule has 1 aliphatic heterocycles. The molecule has 1 unspecified atom stereocenters. The van der Waals surface area contributed by atoms with Crippen LogP contribution in [0.3, 0.4) is 0 Å². The van der Waals surface area contributed by atoms with Crippen molar-refractivity contribution in [3.63, 3.8) is 0 Å².